The molecule has 2 aromatic carbocycles. The van der Waals surface area contributed by atoms with Crippen molar-refractivity contribution < 1.29 is 9.53 Å². The van der Waals surface area contributed by atoms with Crippen LogP contribution in [0.4, 0.5) is 5.69 Å². The van der Waals surface area contributed by atoms with Gasteiger partial charge in [-0.1, -0.05) is 42.3 Å². The van der Waals surface area contributed by atoms with Crippen LogP contribution in [0.2, 0.25) is 0 Å². The number of anilines is 1. The van der Waals surface area contributed by atoms with E-state index in [1.54, 1.807) is 6.07 Å². The van der Waals surface area contributed by atoms with Crippen LogP contribution in [-0.4, -0.2) is 73.1 Å². The fourth-order valence-electron chi connectivity index (χ4n) is 4.41. The minimum atomic E-state index is -0.182. The number of carbonyl (C=O) groups excluding carboxylic acids is 1. The molecular weight excluding hydrogens is 541 g/mol. The molecule has 8 heteroatoms. The molecule has 2 heterocycles. The molecule has 2 N–H and O–H groups in total. The number of halogens is 1. The maximum atomic E-state index is 12.5. The highest BCUT2D eigenvalue weighted by Crippen LogP contribution is 2.24. The molecule has 2 aliphatic heterocycles. The van der Waals surface area contributed by atoms with Crippen LogP contribution in [0.5, 0.6) is 0 Å². The number of amides is 1. The Labute approximate surface area is 219 Å². The molecule has 0 bridgehead atoms. The summed E-state index contributed by atoms with van der Waals surface area (Å²) in [6.45, 7) is 6.91. The minimum absolute atomic E-state index is 0. The van der Waals surface area contributed by atoms with E-state index in [2.05, 4.69) is 55.6 Å². The largest absolute Gasteiger partial charge is 0.373 e. The molecule has 0 aromatic heterocycles. The predicted octanol–water partition coefficient (Wildman–Crippen LogP) is 2.78. The highest BCUT2D eigenvalue weighted by Gasteiger charge is 2.41. The van der Waals surface area contributed by atoms with Crippen molar-refractivity contribution in [3.63, 3.8) is 0 Å². The topological polar surface area (TPSA) is 69.2 Å². The van der Waals surface area contributed by atoms with Crippen molar-refractivity contribution in [1.29, 1.82) is 0 Å². The Hall–Kier alpha value is -2.61. The predicted molar refractivity (Wildman–Crippen MR) is 146 cm³/mol. The highest BCUT2D eigenvalue weighted by atomic mass is 127. The lowest BCUT2D eigenvalue weighted by Crippen LogP contribution is -2.50. The van der Waals surface area contributed by atoms with Crippen molar-refractivity contribution in [2.24, 2.45) is 4.99 Å². The van der Waals surface area contributed by atoms with Gasteiger partial charge in [-0.05, 0) is 30.7 Å². The number of guanidine groups is 1. The summed E-state index contributed by atoms with van der Waals surface area (Å²) >= 11 is 0. The molecule has 2 fully saturated rings. The van der Waals surface area contributed by atoms with Crippen molar-refractivity contribution in [1.82, 2.24) is 15.1 Å². The Kier molecular flexibility index (Phi) is 9.74. The Morgan fingerprint density at radius 1 is 1.21 bits per heavy atom. The van der Waals surface area contributed by atoms with Crippen LogP contribution in [0.15, 0.2) is 59.6 Å². The lowest BCUT2D eigenvalue weighted by molar-refractivity contribution is -0.114. The first-order valence-corrected chi connectivity index (χ1v) is 11.5. The maximum Gasteiger partial charge on any atom is 0.246 e. The summed E-state index contributed by atoms with van der Waals surface area (Å²) in [5, 5.41) is 6.20. The summed E-state index contributed by atoms with van der Waals surface area (Å²) < 4.78 is 6.09. The number of aliphatic imine (C=N–C) groups is 1. The molecule has 4 rings (SSSR count). The van der Waals surface area contributed by atoms with Gasteiger partial charge in [-0.3, -0.25) is 9.69 Å². The smallest absolute Gasteiger partial charge is 0.246 e. The van der Waals surface area contributed by atoms with Gasteiger partial charge in [0, 0.05) is 44.0 Å². The van der Waals surface area contributed by atoms with E-state index in [-0.39, 0.29) is 42.5 Å². The summed E-state index contributed by atoms with van der Waals surface area (Å²) in [7, 11) is 0. The Bertz CT molecular complexity index is 1020. The van der Waals surface area contributed by atoms with Crippen molar-refractivity contribution in [2.45, 2.75) is 25.6 Å². The van der Waals surface area contributed by atoms with Gasteiger partial charge in [0.25, 0.3) is 0 Å². The molecule has 180 valence electrons. The van der Waals surface area contributed by atoms with Gasteiger partial charge in [0.1, 0.15) is 6.54 Å². The standard InChI is InChI=1S/C26H31N5O2.HI/c1-3-20-11-8-12-22(15-20)29-25(32)16-28-26(27-4-2)31-18-23-24(19-31)33-14-13-30(23)17-21-9-6-5-7-10-21;/h1,5-12,15,23-24H,4,13-14,16-19H2,2H3,(H,27,28)(H,29,32);1H. The fraction of sp³-hybridized carbons (Fsp3) is 0.385. The van der Waals surface area contributed by atoms with Crippen LogP contribution in [-0.2, 0) is 16.1 Å². The fourth-order valence-corrected chi connectivity index (χ4v) is 4.41. The van der Waals surface area contributed by atoms with E-state index in [9.17, 15) is 4.79 Å². The van der Waals surface area contributed by atoms with Crippen molar-refractivity contribution in [3.8, 4) is 12.3 Å². The van der Waals surface area contributed by atoms with Crippen LogP contribution >= 0.6 is 24.0 Å². The number of fused-ring (bicyclic) bond motifs is 1. The molecular formula is C26H32IN5O2. The number of benzene rings is 2. The first-order valence-electron chi connectivity index (χ1n) is 11.5. The molecule has 2 saturated heterocycles. The molecule has 2 unspecified atom stereocenters. The van der Waals surface area contributed by atoms with Crippen LogP contribution < -0.4 is 10.6 Å². The maximum absolute atomic E-state index is 12.5. The van der Waals surface area contributed by atoms with E-state index in [0.29, 0.717) is 11.7 Å². The van der Waals surface area contributed by atoms with Crippen LogP contribution in [0.3, 0.4) is 0 Å². The summed E-state index contributed by atoms with van der Waals surface area (Å²) in [5.41, 5.74) is 2.71. The minimum Gasteiger partial charge on any atom is -0.373 e. The average molecular weight is 573 g/mol. The van der Waals surface area contributed by atoms with Crippen LogP contribution in [0.1, 0.15) is 18.1 Å². The van der Waals surface area contributed by atoms with Crippen LogP contribution in [0, 0.1) is 12.3 Å². The van der Waals surface area contributed by atoms with E-state index in [1.165, 1.54) is 5.56 Å². The number of nitrogens with zero attached hydrogens (tertiary/aromatic N) is 3. The van der Waals surface area contributed by atoms with Gasteiger partial charge in [0.15, 0.2) is 5.96 Å². The molecule has 2 aromatic rings. The Balaban J connectivity index is 0.00000324. The number of terminal acetylenes is 1. The van der Waals surface area contributed by atoms with Crippen molar-refractivity contribution in [3.05, 3.63) is 65.7 Å². The van der Waals surface area contributed by atoms with Gasteiger partial charge in [0.2, 0.25) is 5.91 Å². The van der Waals surface area contributed by atoms with Crippen molar-refractivity contribution in [2.75, 3.05) is 44.6 Å². The van der Waals surface area contributed by atoms with Gasteiger partial charge in [0.05, 0.1) is 18.8 Å². The molecule has 0 saturated carbocycles. The first-order chi connectivity index (χ1) is 16.2. The van der Waals surface area contributed by atoms with E-state index < -0.39 is 0 Å². The lowest BCUT2D eigenvalue weighted by atomic mass is 10.1. The number of likely N-dealkylation sites (tertiary alicyclic amines) is 1. The zero-order chi connectivity index (χ0) is 23.0. The highest BCUT2D eigenvalue weighted by molar-refractivity contribution is 14.0. The van der Waals surface area contributed by atoms with Gasteiger partial charge in [-0.2, -0.15) is 0 Å². The number of carbonyl (C=O) groups is 1. The average Bonchev–Trinajstić information content (AvgIpc) is 3.28. The second kappa shape index (κ2) is 12.7. The van der Waals surface area contributed by atoms with Gasteiger partial charge < -0.3 is 20.3 Å². The second-order valence-corrected chi connectivity index (χ2v) is 8.28. The third kappa shape index (κ3) is 6.72. The number of hydrogen-bond donors (Lipinski definition) is 2. The normalized spacial score (nSPS) is 20.1. The van der Waals surface area contributed by atoms with Crippen LogP contribution in [0.25, 0.3) is 0 Å². The first kappa shape index (κ1) is 26.0. The zero-order valence-corrected chi connectivity index (χ0v) is 21.8. The zero-order valence-electron chi connectivity index (χ0n) is 19.4. The number of rotatable bonds is 6. The summed E-state index contributed by atoms with van der Waals surface area (Å²) in [6, 6.07) is 18.1. The number of morpholine rings is 1. The Morgan fingerprint density at radius 2 is 2.03 bits per heavy atom. The Morgan fingerprint density at radius 3 is 2.79 bits per heavy atom. The summed E-state index contributed by atoms with van der Waals surface area (Å²) in [6.07, 6.45) is 5.57. The molecule has 0 spiro atoms. The van der Waals surface area contributed by atoms with E-state index in [4.69, 9.17) is 11.2 Å². The second-order valence-electron chi connectivity index (χ2n) is 8.28. The molecule has 7 nitrogen and oxygen atoms in total. The number of nitrogens with one attached hydrogen (secondary N) is 2. The SMILES string of the molecule is C#Cc1cccc(NC(=O)CN=C(NCC)N2CC3OCCN(Cc4ccccc4)C3C2)c1.I. The molecule has 2 atom stereocenters. The number of hydrogen-bond acceptors (Lipinski definition) is 4. The molecule has 0 aliphatic carbocycles. The van der Waals surface area contributed by atoms with Gasteiger partial charge >= 0.3 is 0 Å². The molecule has 34 heavy (non-hydrogen) atoms. The summed E-state index contributed by atoms with van der Waals surface area (Å²) in [4.78, 5) is 21.8. The quantitative estimate of drug-likeness (QED) is 0.241. The van der Waals surface area contributed by atoms with Gasteiger partial charge in [-0.25, -0.2) is 4.99 Å². The van der Waals surface area contributed by atoms with E-state index in [1.807, 2.05) is 31.2 Å². The monoisotopic (exact) mass is 573 g/mol. The lowest BCUT2D eigenvalue weighted by Gasteiger charge is -2.36. The molecule has 1 amide bonds. The van der Waals surface area contributed by atoms with E-state index >= 15 is 0 Å². The summed E-state index contributed by atoms with van der Waals surface area (Å²) in [5.74, 6) is 3.13. The molecule has 2 aliphatic rings. The third-order valence-electron chi connectivity index (χ3n) is 5.96. The number of ether oxygens (including phenoxy) is 1. The van der Waals surface area contributed by atoms with Crippen molar-refractivity contribution >= 4 is 41.5 Å². The molecule has 0 radical (unpaired) electrons. The van der Waals surface area contributed by atoms with E-state index in [0.717, 1.165) is 50.9 Å². The van der Waals surface area contributed by atoms with Gasteiger partial charge in [-0.15, -0.1) is 30.4 Å². The third-order valence-corrected chi connectivity index (χ3v) is 5.96.